The van der Waals surface area contributed by atoms with Gasteiger partial charge in [-0.3, -0.25) is 0 Å². The van der Waals surface area contributed by atoms with E-state index in [2.05, 4.69) is 10.1 Å². The van der Waals surface area contributed by atoms with Crippen LogP contribution in [0.3, 0.4) is 0 Å². The summed E-state index contributed by atoms with van der Waals surface area (Å²) in [6, 6.07) is 14.7. The van der Waals surface area contributed by atoms with Gasteiger partial charge in [0.25, 0.3) is 0 Å². The standard InChI is InChI=1S/C15H11FN4O3/c16-13-9-5-4-6-11(13)10-19-15(17-14(18-19)20(21)22)23-12-7-2-1-3-8-12/h1-9H,10H2. The zero-order valence-corrected chi connectivity index (χ0v) is 11.8. The molecule has 0 N–H and O–H groups in total. The van der Waals surface area contributed by atoms with Crippen LogP contribution in [-0.2, 0) is 6.54 Å². The summed E-state index contributed by atoms with van der Waals surface area (Å²) in [5, 5.41) is 14.6. The molecule has 0 aliphatic rings. The van der Waals surface area contributed by atoms with E-state index in [0.717, 1.165) is 4.68 Å². The third-order valence-electron chi connectivity index (χ3n) is 3.02. The van der Waals surface area contributed by atoms with Crippen molar-refractivity contribution in [3.63, 3.8) is 0 Å². The molecule has 0 atom stereocenters. The molecular weight excluding hydrogens is 303 g/mol. The van der Waals surface area contributed by atoms with Crippen LogP contribution in [0.1, 0.15) is 5.56 Å². The number of benzene rings is 2. The van der Waals surface area contributed by atoms with Gasteiger partial charge in [0.15, 0.2) is 0 Å². The molecule has 116 valence electrons. The number of nitrogens with zero attached hydrogens (tertiary/aromatic N) is 4. The van der Waals surface area contributed by atoms with Gasteiger partial charge in [0.1, 0.15) is 11.6 Å². The van der Waals surface area contributed by atoms with Gasteiger partial charge >= 0.3 is 12.0 Å². The molecule has 0 bridgehead atoms. The van der Waals surface area contributed by atoms with Crippen LogP contribution in [0.5, 0.6) is 11.8 Å². The van der Waals surface area contributed by atoms with Gasteiger partial charge in [0, 0.05) is 10.7 Å². The molecule has 1 heterocycles. The predicted octanol–water partition coefficient (Wildman–Crippen LogP) is 3.17. The molecule has 3 aromatic rings. The van der Waals surface area contributed by atoms with Crippen molar-refractivity contribution in [1.82, 2.24) is 14.8 Å². The molecule has 0 aliphatic carbocycles. The molecule has 0 saturated carbocycles. The quantitative estimate of drug-likeness (QED) is 0.533. The molecule has 3 rings (SSSR count). The number of aromatic nitrogens is 3. The molecule has 1 aromatic heterocycles. The second-order valence-electron chi connectivity index (χ2n) is 4.62. The highest BCUT2D eigenvalue weighted by molar-refractivity contribution is 5.26. The van der Waals surface area contributed by atoms with E-state index in [-0.39, 0.29) is 12.6 Å². The van der Waals surface area contributed by atoms with Crippen LogP contribution in [0, 0.1) is 15.9 Å². The fourth-order valence-electron chi connectivity index (χ4n) is 1.95. The first-order chi connectivity index (χ1) is 11.1. The summed E-state index contributed by atoms with van der Waals surface area (Å²) in [5.41, 5.74) is 0.324. The Morgan fingerprint density at radius 3 is 2.52 bits per heavy atom. The summed E-state index contributed by atoms with van der Waals surface area (Å²) in [5.74, 6) is -0.590. The van der Waals surface area contributed by atoms with Crippen LogP contribution < -0.4 is 4.74 Å². The summed E-state index contributed by atoms with van der Waals surface area (Å²) < 4.78 is 20.4. The monoisotopic (exact) mass is 314 g/mol. The van der Waals surface area contributed by atoms with E-state index in [0.29, 0.717) is 11.3 Å². The maximum absolute atomic E-state index is 13.8. The Kier molecular flexibility index (Phi) is 3.96. The fourth-order valence-corrected chi connectivity index (χ4v) is 1.95. The molecule has 0 amide bonds. The highest BCUT2D eigenvalue weighted by atomic mass is 19.1. The Bertz CT molecular complexity index is 836. The van der Waals surface area contributed by atoms with Crippen molar-refractivity contribution < 1.29 is 14.1 Å². The van der Waals surface area contributed by atoms with Crippen LogP contribution in [0.4, 0.5) is 10.3 Å². The van der Waals surface area contributed by atoms with Crippen LogP contribution in [0.15, 0.2) is 54.6 Å². The molecule has 2 aromatic carbocycles. The Hall–Kier alpha value is -3.29. The van der Waals surface area contributed by atoms with Gasteiger partial charge in [-0.05, 0) is 28.1 Å². The van der Waals surface area contributed by atoms with Gasteiger partial charge in [-0.1, -0.05) is 36.4 Å². The smallest absolute Gasteiger partial charge is 0.411 e. The Balaban J connectivity index is 1.95. The van der Waals surface area contributed by atoms with E-state index in [4.69, 9.17) is 4.74 Å². The summed E-state index contributed by atoms with van der Waals surface area (Å²) in [7, 11) is 0. The molecule has 0 aliphatic heterocycles. The first kappa shape index (κ1) is 14.6. The molecule has 0 saturated heterocycles. The van der Waals surface area contributed by atoms with Crippen LogP contribution in [-0.4, -0.2) is 19.7 Å². The van der Waals surface area contributed by atoms with Crippen LogP contribution >= 0.6 is 0 Å². The number of hydrogen-bond acceptors (Lipinski definition) is 5. The van der Waals surface area contributed by atoms with Gasteiger partial charge in [-0.15, -0.1) is 4.68 Å². The van der Waals surface area contributed by atoms with Crippen molar-refractivity contribution in [2.45, 2.75) is 6.54 Å². The first-order valence-corrected chi connectivity index (χ1v) is 6.69. The number of nitro groups is 1. The van der Waals surface area contributed by atoms with Crippen molar-refractivity contribution >= 4 is 5.95 Å². The van der Waals surface area contributed by atoms with Gasteiger partial charge in [-0.25, -0.2) is 4.39 Å². The molecule has 8 heteroatoms. The largest absolute Gasteiger partial charge is 0.494 e. The van der Waals surface area contributed by atoms with Gasteiger partial charge in [0.2, 0.25) is 0 Å². The van der Waals surface area contributed by atoms with E-state index >= 15 is 0 Å². The van der Waals surface area contributed by atoms with Crippen molar-refractivity contribution in [3.05, 3.63) is 76.1 Å². The minimum atomic E-state index is -0.726. The maximum atomic E-state index is 13.8. The lowest BCUT2D eigenvalue weighted by atomic mass is 10.2. The average molecular weight is 314 g/mol. The third kappa shape index (κ3) is 3.31. The highest BCUT2D eigenvalue weighted by Gasteiger charge is 2.24. The van der Waals surface area contributed by atoms with Gasteiger partial charge < -0.3 is 14.9 Å². The predicted molar refractivity (Wildman–Crippen MR) is 78.7 cm³/mol. The minimum Gasteiger partial charge on any atom is -0.411 e. The molecular formula is C15H11FN4O3. The number of halogens is 1. The summed E-state index contributed by atoms with van der Waals surface area (Å²) >= 11 is 0. The summed E-state index contributed by atoms with van der Waals surface area (Å²) in [6.45, 7) is -0.0321. The van der Waals surface area contributed by atoms with E-state index in [9.17, 15) is 14.5 Å². The van der Waals surface area contributed by atoms with Crippen molar-refractivity contribution in [1.29, 1.82) is 0 Å². The van der Waals surface area contributed by atoms with E-state index in [1.807, 2.05) is 0 Å². The molecule has 0 fully saturated rings. The topological polar surface area (TPSA) is 83.1 Å². The van der Waals surface area contributed by atoms with Crippen molar-refractivity contribution in [3.8, 4) is 11.8 Å². The lowest BCUT2D eigenvalue weighted by Crippen LogP contribution is -2.06. The third-order valence-corrected chi connectivity index (χ3v) is 3.02. The zero-order valence-electron chi connectivity index (χ0n) is 11.8. The van der Waals surface area contributed by atoms with E-state index < -0.39 is 16.7 Å². The Morgan fingerprint density at radius 2 is 1.83 bits per heavy atom. The van der Waals surface area contributed by atoms with E-state index in [1.54, 1.807) is 48.5 Å². The molecule has 0 radical (unpaired) electrons. The maximum Gasteiger partial charge on any atom is 0.494 e. The highest BCUT2D eigenvalue weighted by Crippen LogP contribution is 2.22. The lowest BCUT2D eigenvalue weighted by Gasteiger charge is -2.04. The van der Waals surface area contributed by atoms with Crippen molar-refractivity contribution in [2.24, 2.45) is 0 Å². The molecule has 23 heavy (non-hydrogen) atoms. The zero-order chi connectivity index (χ0) is 16.2. The normalized spacial score (nSPS) is 10.5. The van der Waals surface area contributed by atoms with Crippen molar-refractivity contribution in [2.75, 3.05) is 0 Å². The minimum absolute atomic E-state index is 0.0321. The van der Waals surface area contributed by atoms with Crippen LogP contribution in [0.2, 0.25) is 0 Å². The summed E-state index contributed by atoms with van der Waals surface area (Å²) in [4.78, 5) is 13.9. The number of para-hydroxylation sites is 1. The second-order valence-corrected chi connectivity index (χ2v) is 4.62. The average Bonchev–Trinajstić information content (AvgIpc) is 2.94. The Morgan fingerprint density at radius 1 is 1.13 bits per heavy atom. The van der Waals surface area contributed by atoms with Gasteiger partial charge in [0.05, 0.1) is 6.54 Å². The SMILES string of the molecule is O=[N+]([O-])c1nc(Oc2ccccc2)n(Cc2ccccc2F)n1. The number of hydrogen-bond donors (Lipinski definition) is 0. The second kappa shape index (κ2) is 6.22. The summed E-state index contributed by atoms with van der Waals surface area (Å²) in [6.07, 6.45) is 0. The van der Waals surface area contributed by atoms with Gasteiger partial charge in [-0.2, -0.15) is 0 Å². The Labute approximate surface area is 130 Å². The lowest BCUT2D eigenvalue weighted by molar-refractivity contribution is -0.394. The first-order valence-electron chi connectivity index (χ1n) is 6.69. The number of rotatable bonds is 5. The molecule has 0 spiro atoms. The van der Waals surface area contributed by atoms with E-state index in [1.165, 1.54) is 6.07 Å². The molecule has 0 unspecified atom stereocenters. The number of ether oxygens (including phenoxy) is 1. The fraction of sp³-hybridized carbons (Fsp3) is 0.0667. The van der Waals surface area contributed by atoms with Crippen LogP contribution in [0.25, 0.3) is 0 Å². The molecule has 7 nitrogen and oxygen atoms in total.